The molecule has 1 fully saturated rings. The van der Waals surface area contributed by atoms with Crippen molar-refractivity contribution in [1.29, 1.82) is 0 Å². The van der Waals surface area contributed by atoms with Crippen molar-refractivity contribution in [2.45, 2.75) is 70.9 Å². The second-order valence-corrected chi connectivity index (χ2v) is 5.34. The van der Waals surface area contributed by atoms with Gasteiger partial charge in [0.15, 0.2) is 0 Å². The molecule has 2 heteroatoms. The maximum absolute atomic E-state index is 3.50. The maximum Gasteiger partial charge on any atom is 0.0108 e. The van der Waals surface area contributed by atoms with Crippen LogP contribution >= 0.6 is 0 Å². The van der Waals surface area contributed by atoms with Crippen molar-refractivity contribution in [1.82, 2.24) is 10.2 Å². The van der Waals surface area contributed by atoms with Crippen LogP contribution in [0.3, 0.4) is 0 Å². The second-order valence-electron chi connectivity index (χ2n) is 5.34. The highest BCUT2D eigenvalue weighted by Crippen LogP contribution is 2.17. The maximum atomic E-state index is 3.50. The number of hydrogen-bond acceptors (Lipinski definition) is 2. The van der Waals surface area contributed by atoms with Gasteiger partial charge in [-0.05, 0) is 52.7 Å². The Kier molecular flexibility index (Phi) is 7.06. The molecule has 0 aliphatic carbocycles. The van der Waals surface area contributed by atoms with E-state index in [9.17, 15) is 0 Å². The summed E-state index contributed by atoms with van der Waals surface area (Å²) in [5.41, 5.74) is 0. The number of nitrogens with zero attached hydrogens (tertiary/aromatic N) is 1. The third-order valence-corrected chi connectivity index (χ3v) is 4.04. The normalized spacial score (nSPS) is 24.4. The highest BCUT2D eigenvalue weighted by molar-refractivity contribution is 4.77. The van der Waals surface area contributed by atoms with Gasteiger partial charge in [-0.25, -0.2) is 0 Å². The molecular formula is C14H30N2. The number of unbranched alkanes of at least 4 members (excludes halogenated alkanes) is 2. The van der Waals surface area contributed by atoms with Crippen LogP contribution in [-0.4, -0.2) is 37.1 Å². The van der Waals surface area contributed by atoms with Crippen molar-refractivity contribution in [3.05, 3.63) is 0 Å². The molecule has 2 atom stereocenters. The first kappa shape index (κ1) is 14.0. The zero-order valence-electron chi connectivity index (χ0n) is 11.5. The van der Waals surface area contributed by atoms with Crippen LogP contribution in [0.4, 0.5) is 0 Å². The van der Waals surface area contributed by atoms with E-state index in [0.29, 0.717) is 0 Å². The molecule has 0 aromatic rings. The van der Waals surface area contributed by atoms with E-state index in [0.717, 1.165) is 12.1 Å². The van der Waals surface area contributed by atoms with Crippen LogP contribution < -0.4 is 5.32 Å². The lowest BCUT2D eigenvalue weighted by atomic mass is 10.0. The Morgan fingerprint density at radius 1 is 1.25 bits per heavy atom. The first-order chi connectivity index (χ1) is 7.75. The molecule has 2 unspecified atom stereocenters. The van der Waals surface area contributed by atoms with Crippen molar-refractivity contribution >= 4 is 0 Å². The van der Waals surface area contributed by atoms with Gasteiger partial charge in [-0.2, -0.15) is 0 Å². The monoisotopic (exact) mass is 226 g/mol. The lowest BCUT2D eigenvalue weighted by Crippen LogP contribution is -2.39. The zero-order valence-corrected chi connectivity index (χ0v) is 11.5. The van der Waals surface area contributed by atoms with Gasteiger partial charge < -0.3 is 10.2 Å². The number of nitrogens with one attached hydrogen (secondary N) is 1. The van der Waals surface area contributed by atoms with Gasteiger partial charge in [0, 0.05) is 12.1 Å². The van der Waals surface area contributed by atoms with Crippen LogP contribution in [-0.2, 0) is 0 Å². The third kappa shape index (κ3) is 4.84. The fourth-order valence-corrected chi connectivity index (χ4v) is 2.66. The molecule has 1 saturated heterocycles. The Balaban J connectivity index is 2.26. The predicted octanol–water partition coefficient (Wildman–Crippen LogP) is 3.03. The lowest BCUT2D eigenvalue weighted by molar-refractivity contribution is 0.161. The summed E-state index contributed by atoms with van der Waals surface area (Å²) in [5, 5.41) is 3.50. The molecule has 0 bridgehead atoms. The van der Waals surface area contributed by atoms with E-state index >= 15 is 0 Å². The molecule has 0 saturated carbocycles. The van der Waals surface area contributed by atoms with Crippen LogP contribution in [0, 0.1) is 0 Å². The van der Waals surface area contributed by atoms with Gasteiger partial charge in [0.1, 0.15) is 0 Å². The Morgan fingerprint density at radius 3 is 2.81 bits per heavy atom. The average Bonchev–Trinajstić information content (AvgIpc) is 2.56. The van der Waals surface area contributed by atoms with E-state index < -0.39 is 0 Å². The minimum Gasteiger partial charge on any atom is -0.317 e. The van der Waals surface area contributed by atoms with Gasteiger partial charge >= 0.3 is 0 Å². The van der Waals surface area contributed by atoms with E-state index in [2.05, 4.69) is 31.1 Å². The van der Waals surface area contributed by atoms with Crippen LogP contribution in [0.15, 0.2) is 0 Å². The van der Waals surface area contributed by atoms with Crippen molar-refractivity contribution in [3.63, 3.8) is 0 Å². The van der Waals surface area contributed by atoms with E-state index in [1.54, 1.807) is 0 Å². The summed E-state index contributed by atoms with van der Waals surface area (Å²) in [7, 11) is 2.33. The fraction of sp³-hybridized carbons (Fsp3) is 1.00. The zero-order chi connectivity index (χ0) is 11.8. The molecule has 1 aliphatic rings. The fourth-order valence-electron chi connectivity index (χ4n) is 2.66. The largest absolute Gasteiger partial charge is 0.317 e. The first-order valence-corrected chi connectivity index (χ1v) is 7.18. The molecule has 96 valence electrons. The molecule has 1 rings (SSSR count). The number of rotatable bonds is 6. The number of hydrogen-bond donors (Lipinski definition) is 1. The van der Waals surface area contributed by atoms with Crippen LogP contribution in [0.25, 0.3) is 0 Å². The van der Waals surface area contributed by atoms with Gasteiger partial charge in [0.25, 0.3) is 0 Å². The molecule has 16 heavy (non-hydrogen) atoms. The second kappa shape index (κ2) is 8.08. The Morgan fingerprint density at radius 2 is 2.06 bits per heavy atom. The van der Waals surface area contributed by atoms with Crippen molar-refractivity contribution in [2.24, 2.45) is 0 Å². The smallest absolute Gasteiger partial charge is 0.0108 e. The van der Waals surface area contributed by atoms with Crippen LogP contribution in [0.2, 0.25) is 0 Å². The molecule has 0 spiro atoms. The highest BCUT2D eigenvalue weighted by Gasteiger charge is 2.20. The average molecular weight is 226 g/mol. The summed E-state index contributed by atoms with van der Waals surface area (Å²) in [4.78, 5) is 2.63. The highest BCUT2D eigenvalue weighted by atomic mass is 15.2. The van der Waals surface area contributed by atoms with Crippen molar-refractivity contribution < 1.29 is 0 Å². The molecule has 1 aliphatic heterocycles. The minimum atomic E-state index is 0.759. The van der Waals surface area contributed by atoms with E-state index in [1.165, 1.54) is 58.0 Å². The first-order valence-electron chi connectivity index (χ1n) is 7.18. The van der Waals surface area contributed by atoms with E-state index in [1.807, 2.05) is 0 Å². The lowest BCUT2D eigenvalue weighted by Gasteiger charge is -2.32. The standard InChI is InChI=1S/C14H30N2/c1-4-5-6-8-13(2)16(3)14-9-7-11-15-12-10-14/h13-15H,4-12H2,1-3H3. The van der Waals surface area contributed by atoms with Gasteiger partial charge in [-0.15, -0.1) is 0 Å². The molecule has 2 nitrogen and oxygen atoms in total. The van der Waals surface area contributed by atoms with Gasteiger partial charge in [-0.1, -0.05) is 26.2 Å². The summed E-state index contributed by atoms with van der Waals surface area (Å²) in [6, 6.07) is 1.57. The Hall–Kier alpha value is -0.0800. The molecule has 1 heterocycles. The van der Waals surface area contributed by atoms with Crippen LogP contribution in [0.5, 0.6) is 0 Å². The molecule has 0 radical (unpaired) electrons. The summed E-state index contributed by atoms with van der Waals surface area (Å²) < 4.78 is 0. The Labute approximate surface area is 102 Å². The van der Waals surface area contributed by atoms with Gasteiger partial charge in [0.2, 0.25) is 0 Å². The molecule has 0 aromatic heterocycles. The molecule has 0 amide bonds. The van der Waals surface area contributed by atoms with Crippen LogP contribution in [0.1, 0.15) is 58.8 Å². The predicted molar refractivity (Wildman–Crippen MR) is 71.9 cm³/mol. The quantitative estimate of drug-likeness (QED) is 0.700. The summed E-state index contributed by atoms with van der Waals surface area (Å²) in [6.07, 6.45) is 9.54. The van der Waals surface area contributed by atoms with Gasteiger partial charge in [0.05, 0.1) is 0 Å². The van der Waals surface area contributed by atoms with E-state index in [-0.39, 0.29) is 0 Å². The molecule has 1 N–H and O–H groups in total. The molecular weight excluding hydrogens is 196 g/mol. The topological polar surface area (TPSA) is 15.3 Å². The van der Waals surface area contributed by atoms with Crippen molar-refractivity contribution in [2.75, 3.05) is 20.1 Å². The summed E-state index contributed by atoms with van der Waals surface area (Å²) in [5.74, 6) is 0. The minimum absolute atomic E-state index is 0.759. The van der Waals surface area contributed by atoms with Crippen molar-refractivity contribution in [3.8, 4) is 0 Å². The van der Waals surface area contributed by atoms with E-state index in [4.69, 9.17) is 0 Å². The molecule has 0 aromatic carbocycles. The Bertz CT molecular complexity index is 162. The third-order valence-electron chi connectivity index (χ3n) is 4.04. The summed E-state index contributed by atoms with van der Waals surface area (Å²) >= 11 is 0. The SMILES string of the molecule is CCCCCC(C)N(C)C1CCCNCC1. The summed E-state index contributed by atoms with van der Waals surface area (Å²) in [6.45, 7) is 7.10. The van der Waals surface area contributed by atoms with Gasteiger partial charge in [-0.3, -0.25) is 0 Å².